The van der Waals surface area contributed by atoms with Gasteiger partial charge in [0.15, 0.2) is 0 Å². The van der Waals surface area contributed by atoms with Gasteiger partial charge >= 0.3 is 0 Å². The lowest BCUT2D eigenvalue weighted by molar-refractivity contribution is 0.180. The maximum atomic E-state index is 5.69. The van der Waals surface area contributed by atoms with Crippen molar-refractivity contribution in [1.82, 2.24) is 0 Å². The maximum absolute atomic E-state index is 5.69. The molecule has 2 rings (SSSR count). The molecule has 1 fully saturated rings. The molecule has 0 amide bonds. The fraction of sp³-hybridized carbons (Fsp3) is 0.625. The van der Waals surface area contributed by atoms with Gasteiger partial charge in [-0.1, -0.05) is 46.2 Å². The second-order valence-electron chi connectivity index (χ2n) is 3.92. The summed E-state index contributed by atoms with van der Waals surface area (Å²) in [7, 11) is 0. The van der Waals surface area contributed by atoms with Crippen molar-refractivity contribution in [2.75, 3.05) is 6.61 Å². The summed E-state index contributed by atoms with van der Waals surface area (Å²) in [5.74, 6) is 1.84. The predicted molar refractivity (Wildman–Crippen MR) is 76.7 cm³/mol. The van der Waals surface area contributed by atoms with Gasteiger partial charge in [0, 0.05) is 0 Å². The first kappa shape index (κ1) is 16.0. The second-order valence-corrected chi connectivity index (χ2v) is 3.92. The highest BCUT2D eigenvalue weighted by molar-refractivity contribution is 5.27. The summed E-state index contributed by atoms with van der Waals surface area (Å²) >= 11 is 0. The molecule has 1 aliphatic carbocycles. The minimum absolute atomic E-state index is 0.820. The van der Waals surface area contributed by atoms with Crippen LogP contribution < -0.4 is 4.74 Å². The lowest BCUT2D eigenvalue weighted by atomic mass is 9.86. The average molecular weight is 236 g/mol. The average Bonchev–Trinajstić information content (AvgIpc) is 2.32. The zero-order valence-electron chi connectivity index (χ0n) is 12.1. The summed E-state index contributed by atoms with van der Waals surface area (Å²) in [5.41, 5.74) is 1.27. The fourth-order valence-electron chi connectivity index (χ4n) is 1.58. The minimum Gasteiger partial charge on any atom is -0.493 e. The van der Waals surface area contributed by atoms with Crippen molar-refractivity contribution in [3.8, 4) is 5.75 Å². The van der Waals surface area contributed by atoms with Crippen LogP contribution in [-0.4, -0.2) is 6.61 Å². The molecule has 1 heteroatoms. The molecule has 0 aliphatic heterocycles. The molecule has 0 bridgehead atoms. The molecule has 0 N–H and O–H groups in total. The maximum Gasteiger partial charge on any atom is 0.119 e. The Hall–Kier alpha value is -0.980. The number of ether oxygens (including phenoxy) is 1. The van der Waals surface area contributed by atoms with Crippen LogP contribution in [0.4, 0.5) is 0 Å². The monoisotopic (exact) mass is 236 g/mol. The van der Waals surface area contributed by atoms with E-state index < -0.39 is 0 Å². The van der Waals surface area contributed by atoms with Crippen LogP contribution in [0.1, 0.15) is 52.5 Å². The van der Waals surface area contributed by atoms with Gasteiger partial charge in [0.2, 0.25) is 0 Å². The van der Waals surface area contributed by atoms with Gasteiger partial charge in [0.25, 0.3) is 0 Å². The molecule has 1 aromatic carbocycles. The van der Waals surface area contributed by atoms with Crippen LogP contribution in [0.15, 0.2) is 24.3 Å². The van der Waals surface area contributed by atoms with E-state index in [9.17, 15) is 0 Å². The van der Waals surface area contributed by atoms with Crippen LogP contribution >= 0.6 is 0 Å². The Morgan fingerprint density at radius 1 is 1.12 bits per heavy atom. The molecule has 0 heterocycles. The number of aryl methyl sites for hydroxylation is 1. The van der Waals surface area contributed by atoms with Gasteiger partial charge in [-0.3, -0.25) is 0 Å². The van der Waals surface area contributed by atoms with Gasteiger partial charge in [-0.25, -0.2) is 0 Å². The van der Waals surface area contributed by atoms with E-state index in [0.29, 0.717) is 0 Å². The normalized spacial score (nSPS) is 13.5. The van der Waals surface area contributed by atoms with Gasteiger partial charge in [0.05, 0.1) is 6.61 Å². The van der Waals surface area contributed by atoms with Crippen molar-refractivity contribution in [2.45, 2.75) is 53.9 Å². The lowest BCUT2D eigenvalue weighted by Crippen LogP contribution is -2.19. The highest BCUT2D eigenvalue weighted by atomic mass is 16.5. The van der Waals surface area contributed by atoms with Crippen LogP contribution in [0.3, 0.4) is 0 Å². The molecule has 0 radical (unpaired) electrons. The molecule has 17 heavy (non-hydrogen) atoms. The number of hydrogen-bond acceptors (Lipinski definition) is 1. The Labute approximate surface area is 107 Å². The molecule has 1 aliphatic rings. The van der Waals surface area contributed by atoms with E-state index in [4.69, 9.17) is 4.74 Å². The van der Waals surface area contributed by atoms with Crippen LogP contribution in [0, 0.1) is 12.8 Å². The van der Waals surface area contributed by atoms with E-state index in [-0.39, 0.29) is 0 Å². The Morgan fingerprint density at radius 3 is 2.24 bits per heavy atom. The molecule has 0 aromatic heterocycles. The van der Waals surface area contributed by atoms with Crippen LogP contribution in [0.2, 0.25) is 0 Å². The van der Waals surface area contributed by atoms with Crippen molar-refractivity contribution in [3.63, 3.8) is 0 Å². The second kappa shape index (κ2) is 10.2. The number of rotatable bonds is 3. The molecule has 0 saturated heterocycles. The van der Waals surface area contributed by atoms with E-state index in [1.165, 1.54) is 24.8 Å². The third kappa shape index (κ3) is 6.35. The van der Waals surface area contributed by atoms with E-state index in [0.717, 1.165) is 18.3 Å². The largest absolute Gasteiger partial charge is 0.493 e. The minimum atomic E-state index is 0.820. The Balaban J connectivity index is 0.000000581. The number of benzene rings is 1. The molecule has 0 unspecified atom stereocenters. The topological polar surface area (TPSA) is 9.23 Å². The zero-order valence-corrected chi connectivity index (χ0v) is 12.1. The fourth-order valence-corrected chi connectivity index (χ4v) is 1.58. The Kier molecular flexibility index (Phi) is 9.60. The summed E-state index contributed by atoms with van der Waals surface area (Å²) in [6.07, 6.45) is 4.10. The van der Waals surface area contributed by atoms with E-state index in [1.807, 2.05) is 39.8 Å². The van der Waals surface area contributed by atoms with Crippen molar-refractivity contribution >= 4 is 0 Å². The summed E-state index contributed by atoms with van der Waals surface area (Å²) < 4.78 is 5.69. The molecule has 98 valence electrons. The van der Waals surface area contributed by atoms with Crippen LogP contribution in [0.5, 0.6) is 5.75 Å². The summed E-state index contributed by atoms with van der Waals surface area (Å²) in [6, 6.07) is 8.27. The van der Waals surface area contributed by atoms with E-state index >= 15 is 0 Å². The SMILES string of the molecule is CC.CC.Cc1cccc(OCC2CCC2)c1. The van der Waals surface area contributed by atoms with Gasteiger partial charge in [-0.15, -0.1) is 0 Å². The van der Waals surface area contributed by atoms with Crippen molar-refractivity contribution < 1.29 is 4.74 Å². The smallest absolute Gasteiger partial charge is 0.119 e. The number of hydrogen-bond donors (Lipinski definition) is 0. The summed E-state index contributed by atoms with van der Waals surface area (Å²) in [4.78, 5) is 0. The third-order valence-corrected chi connectivity index (χ3v) is 2.70. The molecule has 1 aromatic rings. The Bertz CT molecular complexity index is 277. The molecular formula is C16H28O. The standard InChI is InChI=1S/C12H16O.2C2H6/c1-10-4-2-7-12(8-10)13-9-11-5-3-6-11;2*1-2/h2,4,7-8,11H,3,5-6,9H2,1H3;2*1-2H3. The van der Waals surface area contributed by atoms with E-state index in [2.05, 4.69) is 19.1 Å². The molecule has 0 atom stereocenters. The first-order valence-electron chi connectivity index (χ1n) is 7.04. The van der Waals surface area contributed by atoms with Crippen molar-refractivity contribution in [3.05, 3.63) is 29.8 Å². The van der Waals surface area contributed by atoms with Crippen molar-refractivity contribution in [1.29, 1.82) is 0 Å². The van der Waals surface area contributed by atoms with Gasteiger partial charge in [-0.2, -0.15) is 0 Å². The molecule has 0 spiro atoms. The summed E-state index contributed by atoms with van der Waals surface area (Å²) in [5, 5.41) is 0. The van der Waals surface area contributed by atoms with Gasteiger partial charge in [-0.05, 0) is 43.4 Å². The molecule has 1 saturated carbocycles. The predicted octanol–water partition coefficient (Wildman–Crippen LogP) is 5.23. The Morgan fingerprint density at radius 2 is 1.76 bits per heavy atom. The quantitative estimate of drug-likeness (QED) is 0.698. The third-order valence-electron chi connectivity index (χ3n) is 2.70. The molecule has 1 nitrogen and oxygen atoms in total. The van der Waals surface area contributed by atoms with Gasteiger partial charge in [0.1, 0.15) is 5.75 Å². The molecular weight excluding hydrogens is 208 g/mol. The van der Waals surface area contributed by atoms with Crippen LogP contribution in [0.25, 0.3) is 0 Å². The highest BCUT2D eigenvalue weighted by Gasteiger charge is 2.17. The highest BCUT2D eigenvalue weighted by Crippen LogP contribution is 2.27. The lowest BCUT2D eigenvalue weighted by Gasteiger charge is -2.25. The first-order chi connectivity index (χ1) is 8.34. The van der Waals surface area contributed by atoms with Crippen LogP contribution in [-0.2, 0) is 0 Å². The summed E-state index contributed by atoms with van der Waals surface area (Å²) in [6.45, 7) is 11.0. The van der Waals surface area contributed by atoms with Crippen molar-refractivity contribution in [2.24, 2.45) is 5.92 Å². The first-order valence-corrected chi connectivity index (χ1v) is 7.04. The zero-order chi connectivity index (χ0) is 13.1. The van der Waals surface area contributed by atoms with E-state index in [1.54, 1.807) is 0 Å². The van der Waals surface area contributed by atoms with Gasteiger partial charge < -0.3 is 4.74 Å².